The summed E-state index contributed by atoms with van der Waals surface area (Å²) in [6.07, 6.45) is 4.00. The molecule has 0 bridgehead atoms. The van der Waals surface area contributed by atoms with Gasteiger partial charge in [-0.25, -0.2) is 9.67 Å². The Kier molecular flexibility index (Phi) is 4.79. The molecule has 1 fully saturated rings. The Morgan fingerprint density at radius 3 is 2.82 bits per heavy atom. The highest BCUT2D eigenvalue weighted by Crippen LogP contribution is 2.40. The highest BCUT2D eigenvalue weighted by molar-refractivity contribution is 7.98. The van der Waals surface area contributed by atoms with E-state index in [0.29, 0.717) is 33.6 Å². The Hall–Kier alpha value is -3.25. The number of nitrogens with one attached hydrogen (secondary N) is 1. The fourth-order valence-electron chi connectivity index (χ4n) is 2.97. The Balaban J connectivity index is 1.67. The number of carbonyl (C=O) groups excluding carboxylic acids is 1. The maximum Gasteiger partial charge on any atom is 0.257 e. The van der Waals surface area contributed by atoms with Crippen molar-refractivity contribution in [1.82, 2.24) is 25.2 Å². The van der Waals surface area contributed by atoms with E-state index in [4.69, 9.17) is 0 Å². The number of hydrogen-bond acceptors (Lipinski definition) is 7. The molecule has 1 N–H and O–H groups in total. The number of thioether (sulfide) groups is 1. The Labute approximate surface area is 166 Å². The third-order valence-electron chi connectivity index (χ3n) is 4.55. The Bertz CT molecular complexity index is 1100. The number of benzene rings is 1. The van der Waals surface area contributed by atoms with Crippen LogP contribution < -0.4 is 5.32 Å². The quantitative estimate of drug-likeness (QED) is 0.666. The van der Waals surface area contributed by atoms with Crippen molar-refractivity contribution in [3.05, 3.63) is 47.2 Å². The van der Waals surface area contributed by atoms with Crippen molar-refractivity contribution in [2.75, 3.05) is 11.6 Å². The maximum atomic E-state index is 13.0. The first-order valence-electron chi connectivity index (χ1n) is 8.74. The number of aryl methyl sites for hydroxylation is 1. The summed E-state index contributed by atoms with van der Waals surface area (Å²) in [6.45, 7) is 0. The van der Waals surface area contributed by atoms with Crippen LogP contribution in [-0.2, 0) is 7.05 Å². The molecule has 3 aromatic rings. The van der Waals surface area contributed by atoms with E-state index < -0.39 is 0 Å². The van der Waals surface area contributed by atoms with Crippen LogP contribution in [0.1, 0.15) is 40.4 Å². The summed E-state index contributed by atoms with van der Waals surface area (Å²) in [5.41, 5.74) is 2.93. The highest BCUT2D eigenvalue weighted by atomic mass is 32.2. The zero-order chi connectivity index (χ0) is 19.7. The van der Waals surface area contributed by atoms with Crippen LogP contribution in [0.4, 0.5) is 5.69 Å². The van der Waals surface area contributed by atoms with Gasteiger partial charge in [-0.1, -0.05) is 12.1 Å². The second-order valence-corrected chi connectivity index (χ2v) is 7.32. The third kappa shape index (κ3) is 3.46. The minimum Gasteiger partial charge on any atom is -0.322 e. The molecule has 2 heterocycles. The van der Waals surface area contributed by atoms with Crippen molar-refractivity contribution >= 4 is 23.4 Å². The fraction of sp³-hybridized carbons (Fsp3) is 0.263. The first-order valence-corrected chi connectivity index (χ1v) is 9.96. The first kappa shape index (κ1) is 18.1. The van der Waals surface area contributed by atoms with Crippen LogP contribution >= 0.6 is 11.8 Å². The van der Waals surface area contributed by atoms with E-state index in [1.807, 2.05) is 18.4 Å². The molecule has 0 radical (unpaired) electrons. The number of nitriles is 1. The second-order valence-electron chi connectivity index (χ2n) is 6.53. The topological polar surface area (TPSA) is 109 Å². The number of aromatic nitrogens is 5. The van der Waals surface area contributed by atoms with Crippen LogP contribution in [0, 0.1) is 11.3 Å². The predicted octanol–water partition coefficient (Wildman–Crippen LogP) is 3.00. The molecule has 1 aliphatic carbocycles. The molecular weight excluding hydrogens is 374 g/mol. The molecule has 4 rings (SSSR count). The summed E-state index contributed by atoms with van der Waals surface area (Å²) in [7, 11) is 1.75. The van der Waals surface area contributed by atoms with E-state index in [0.717, 1.165) is 24.1 Å². The van der Waals surface area contributed by atoms with E-state index in [-0.39, 0.29) is 5.91 Å². The van der Waals surface area contributed by atoms with Gasteiger partial charge in [-0.2, -0.15) is 5.26 Å². The second kappa shape index (κ2) is 7.40. The van der Waals surface area contributed by atoms with Gasteiger partial charge in [0.25, 0.3) is 5.91 Å². The van der Waals surface area contributed by atoms with Gasteiger partial charge in [0.2, 0.25) is 0 Å². The minimum absolute atomic E-state index is 0.308. The number of nitrogens with zero attached hydrogens (tertiary/aromatic N) is 6. The number of anilines is 1. The SMILES string of the molecule is CSc1nc(C2CC2)cc(C(=O)Nc2cccc(-c3nnnn3C)c2)c1C#N. The van der Waals surface area contributed by atoms with Crippen LogP contribution in [0.2, 0.25) is 0 Å². The van der Waals surface area contributed by atoms with Gasteiger partial charge in [-0.3, -0.25) is 4.79 Å². The largest absolute Gasteiger partial charge is 0.322 e. The van der Waals surface area contributed by atoms with Gasteiger partial charge in [-0.15, -0.1) is 16.9 Å². The highest BCUT2D eigenvalue weighted by Gasteiger charge is 2.28. The van der Waals surface area contributed by atoms with Gasteiger partial charge in [0.05, 0.1) is 11.1 Å². The van der Waals surface area contributed by atoms with Crippen LogP contribution in [0.25, 0.3) is 11.4 Å². The average molecular weight is 391 g/mol. The van der Waals surface area contributed by atoms with Gasteiger partial charge in [-0.05, 0) is 47.7 Å². The van der Waals surface area contributed by atoms with Crippen molar-refractivity contribution in [2.45, 2.75) is 23.8 Å². The van der Waals surface area contributed by atoms with E-state index in [2.05, 4.69) is 31.9 Å². The number of rotatable bonds is 5. The standard InChI is InChI=1S/C19H17N7OS/c1-26-17(23-24-25-26)12-4-3-5-13(8-12)21-18(27)14-9-16(11-6-7-11)22-19(28-2)15(14)10-20/h3-5,8-9,11H,6-7H2,1-2H3,(H,21,27). The van der Waals surface area contributed by atoms with E-state index >= 15 is 0 Å². The molecule has 0 atom stereocenters. The van der Waals surface area contributed by atoms with E-state index in [9.17, 15) is 10.1 Å². The van der Waals surface area contributed by atoms with E-state index in [1.165, 1.54) is 11.8 Å². The molecule has 0 spiro atoms. The van der Waals surface area contributed by atoms with Gasteiger partial charge in [0.15, 0.2) is 5.82 Å². The van der Waals surface area contributed by atoms with Crippen molar-refractivity contribution in [2.24, 2.45) is 7.05 Å². The van der Waals surface area contributed by atoms with Crippen LogP contribution in [-0.4, -0.2) is 37.4 Å². The molecule has 9 heteroatoms. The molecular formula is C19H17N7OS. The van der Waals surface area contributed by atoms with Crippen molar-refractivity contribution in [3.63, 3.8) is 0 Å². The molecule has 0 saturated heterocycles. The summed E-state index contributed by atoms with van der Waals surface area (Å²) in [5.74, 6) is 0.653. The van der Waals surface area contributed by atoms with Crippen LogP contribution in [0.15, 0.2) is 35.4 Å². The lowest BCUT2D eigenvalue weighted by Gasteiger charge is -2.11. The molecule has 1 saturated carbocycles. The van der Waals surface area contributed by atoms with Gasteiger partial charge in [0.1, 0.15) is 11.1 Å². The normalized spacial score (nSPS) is 13.2. The molecule has 1 amide bonds. The molecule has 28 heavy (non-hydrogen) atoms. The monoisotopic (exact) mass is 391 g/mol. The molecule has 1 aromatic carbocycles. The molecule has 0 unspecified atom stereocenters. The molecule has 1 aliphatic rings. The average Bonchev–Trinajstić information content (AvgIpc) is 3.47. The number of carbonyl (C=O) groups is 1. The van der Waals surface area contributed by atoms with Gasteiger partial charge < -0.3 is 5.32 Å². The van der Waals surface area contributed by atoms with Gasteiger partial charge in [0, 0.05) is 29.9 Å². The van der Waals surface area contributed by atoms with Gasteiger partial charge >= 0.3 is 0 Å². The predicted molar refractivity (Wildman–Crippen MR) is 105 cm³/mol. The first-order chi connectivity index (χ1) is 13.6. The van der Waals surface area contributed by atoms with Crippen LogP contribution in [0.5, 0.6) is 0 Å². The summed E-state index contributed by atoms with van der Waals surface area (Å²) in [6, 6.07) is 11.2. The van der Waals surface area contributed by atoms with Crippen molar-refractivity contribution < 1.29 is 4.79 Å². The third-order valence-corrected chi connectivity index (χ3v) is 5.23. The van der Waals surface area contributed by atoms with Crippen LogP contribution in [0.3, 0.4) is 0 Å². The van der Waals surface area contributed by atoms with E-state index in [1.54, 1.807) is 29.9 Å². The smallest absolute Gasteiger partial charge is 0.257 e. The lowest BCUT2D eigenvalue weighted by Crippen LogP contribution is -2.15. The Morgan fingerprint density at radius 1 is 1.36 bits per heavy atom. The number of tetrazole rings is 1. The van der Waals surface area contributed by atoms with Crippen molar-refractivity contribution in [1.29, 1.82) is 5.26 Å². The lowest BCUT2D eigenvalue weighted by atomic mass is 10.1. The summed E-state index contributed by atoms with van der Waals surface area (Å²) in [4.78, 5) is 17.5. The Morgan fingerprint density at radius 2 is 2.18 bits per heavy atom. The number of hydrogen-bond donors (Lipinski definition) is 1. The van der Waals surface area contributed by atoms with Crippen molar-refractivity contribution in [3.8, 4) is 17.5 Å². The maximum absolute atomic E-state index is 13.0. The summed E-state index contributed by atoms with van der Waals surface area (Å²) < 4.78 is 1.56. The molecule has 0 aliphatic heterocycles. The zero-order valence-corrected chi connectivity index (χ0v) is 16.2. The fourth-order valence-corrected chi connectivity index (χ4v) is 3.53. The summed E-state index contributed by atoms with van der Waals surface area (Å²) in [5, 5.41) is 24.5. The zero-order valence-electron chi connectivity index (χ0n) is 15.4. The molecule has 140 valence electrons. The lowest BCUT2D eigenvalue weighted by molar-refractivity contribution is 0.102. The molecule has 2 aromatic heterocycles. The minimum atomic E-state index is -0.329. The number of pyridine rings is 1. The number of amides is 1. The molecule has 8 nitrogen and oxygen atoms in total. The summed E-state index contributed by atoms with van der Waals surface area (Å²) >= 11 is 1.38.